The van der Waals surface area contributed by atoms with Gasteiger partial charge in [0.2, 0.25) is 5.95 Å². The Morgan fingerprint density at radius 3 is 2.56 bits per heavy atom. The van der Waals surface area contributed by atoms with Crippen molar-refractivity contribution in [3.8, 4) is 28.8 Å². The van der Waals surface area contributed by atoms with Gasteiger partial charge in [-0.2, -0.15) is 5.26 Å². The number of nitrogens with one attached hydrogen (secondary N) is 3. The summed E-state index contributed by atoms with van der Waals surface area (Å²) in [4.78, 5) is 21.4. The van der Waals surface area contributed by atoms with Gasteiger partial charge < -0.3 is 30.5 Å². The van der Waals surface area contributed by atoms with Crippen LogP contribution in [0.2, 0.25) is 0 Å². The molecular weight excluding hydrogens is 460 g/mol. The van der Waals surface area contributed by atoms with E-state index in [1.807, 2.05) is 6.07 Å². The molecule has 1 fully saturated rings. The average molecular weight is 489 g/mol. The number of nitriles is 1. The molecule has 1 heterocycles. The van der Waals surface area contributed by atoms with Crippen LogP contribution in [0.4, 0.5) is 22.1 Å². The fourth-order valence-corrected chi connectivity index (χ4v) is 4.10. The molecule has 2 amide bonds. The van der Waals surface area contributed by atoms with Crippen LogP contribution in [-0.4, -0.2) is 47.5 Å². The Morgan fingerprint density at radius 2 is 1.83 bits per heavy atom. The molecule has 2 aromatic carbocycles. The highest BCUT2D eigenvalue weighted by Crippen LogP contribution is 2.28. The predicted octanol–water partition coefficient (Wildman–Crippen LogP) is 4.20. The Bertz CT molecular complexity index is 1270. The Morgan fingerprint density at radius 1 is 1.06 bits per heavy atom. The van der Waals surface area contributed by atoms with Gasteiger partial charge in [-0.3, -0.25) is 0 Å². The van der Waals surface area contributed by atoms with Crippen LogP contribution in [0, 0.1) is 11.3 Å². The molecule has 1 saturated carbocycles. The molecule has 1 aliphatic rings. The summed E-state index contributed by atoms with van der Waals surface area (Å²) < 4.78 is 10.6. The van der Waals surface area contributed by atoms with Gasteiger partial charge >= 0.3 is 6.03 Å². The largest absolute Gasteiger partial charge is 0.497 e. The molecule has 1 aromatic heterocycles. The van der Waals surface area contributed by atoms with Crippen molar-refractivity contribution in [1.29, 1.82) is 5.26 Å². The fourth-order valence-electron chi connectivity index (χ4n) is 4.10. The van der Waals surface area contributed by atoms with E-state index in [9.17, 15) is 15.2 Å². The van der Waals surface area contributed by atoms with Gasteiger partial charge in [0, 0.05) is 41.3 Å². The summed E-state index contributed by atoms with van der Waals surface area (Å²) in [7, 11) is 3.06. The van der Waals surface area contributed by atoms with Crippen molar-refractivity contribution in [2.24, 2.45) is 0 Å². The lowest BCUT2D eigenvalue weighted by molar-refractivity contribution is 0.118. The molecule has 0 radical (unpaired) electrons. The smallest absolute Gasteiger partial charge is 0.319 e. The summed E-state index contributed by atoms with van der Waals surface area (Å²) >= 11 is 0. The van der Waals surface area contributed by atoms with Gasteiger partial charge in [-0.05, 0) is 56.0 Å². The first-order chi connectivity index (χ1) is 17.5. The molecule has 0 unspecified atom stereocenters. The zero-order valence-corrected chi connectivity index (χ0v) is 20.1. The van der Waals surface area contributed by atoms with Crippen molar-refractivity contribution in [3.05, 3.63) is 54.2 Å². The Kier molecular flexibility index (Phi) is 7.82. The van der Waals surface area contributed by atoms with Crippen molar-refractivity contribution < 1.29 is 19.4 Å². The van der Waals surface area contributed by atoms with Gasteiger partial charge in [0.25, 0.3) is 0 Å². The maximum atomic E-state index is 12.5. The lowest BCUT2D eigenvalue weighted by atomic mass is 9.93. The first kappa shape index (κ1) is 24.8. The molecule has 0 atom stereocenters. The van der Waals surface area contributed by atoms with E-state index in [-0.39, 0.29) is 18.2 Å². The SMILES string of the molecule is COc1cc(NC(=O)N[C@H]2CC[C@H](O)CC2)cc(Nc2nccc(-c3ccc(OC)c(C#N)c3)n2)c1. The Hall–Kier alpha value is -4.36. The van der Waals surface area contributed by atoms with Crippen molar-refractivity contribution in [3.63, 3.8) is 0 Å². The highest BCUT2D eigenvalue weighted by Gasteiger charge is 2.21. The van der Waals surface area contributed by atoms with Gasteiger partial charge in [0.15, 0.2) is 0 Å². The number of carbonyl (C=O) groups excluding carboxylic acids is 1. The van der Waals surface area contributed by atoms with Crippen LogP contribution in [0.25, 0.3) is 11.3 Å². The van der Waals surface area contributed by atoms with E-state index in [0.717, 1.165) is 18.4 Å². The molecule has 4 rings (SSSR count). The number of anilines is 3. The normalized spacial score (nSPS) is 16.9. The van der Waals surface area contributed by atoms with Crippen LogP contribution in [0.1, 0.15) is 31.2 Å². The van der Waals surface area contributed by atoms with Crippen LogP contribution in [0.3, 0.4) is 0 Å². The maximum absolute atomic E-state index is 12.5. The van der Waals surface area contributed by atoms with E-state index < -0.39 is 0 Å². The molecule has 186 valence electrons. The van der Waals surface area contributed by atoms with Crippen LogP contribution in [0.15, 0.2) is 48.7 Å². The quantitative estimate of drug-likeness (QED) is 0.388. The van der Waals surface area contributed by atoms with Gasteiger partial charge in [0.1, 0.15) is 17.6 Å². The van der Waals surface area contributed by atoms with Crippen molar-refractivity contribution >= 4 is 23.4 Å². The summed E-state index contributed by atoms with van der Waals surface area (Å²) in [5.41, 5.74) is 2.95. The topological polar surface area (TPSA) is 141 Å². The van der Waals surface area contributed by atoms with Gasteiger partial charge in [-0.25, -0.2) is 14.8 Å². The molecule has 10 nitrogen and oxygen atoms in total. The first-order valence-corrected chi connectivity index (χ1v) is 11.6. The molecule has 0 spiro atoms. The van der Waals surface area contributed by atoms with Crippen LogP contribution < -0.4 is 25.4 Å². The number of ether oxygens (including phenoxy) is 2. The van der Waals surface area contributed by atoms with Crippen molar-refractivity contribution in [1.82, 2.24) is 15.3 Å². The lowest BCUT2D eigenvalue weighted by Gasteiger charge is -2.26. The summed E-state index contributed by atoms with van der Waals surface area (Å²) in [6.07, 6.45) is 4.21. The van der Waals surface area contributed by atoms with E-state index in [2.05, 4.69) is 32.0 Å². The number of methoxy groups -OCH3 is 2. The number of nitrogens with zero attached hydrogens (tertiary/aromatic N) is 3. The van der Waals surface area contributed by atoms with Gasteiger partial charge in [-0.1, -0.05) is 0 Å². The number of aromatic nitrogens is 2. The van der Waals surface area contributed by atoms with E-state index in [4.69, 9.17) is 9.47 Å². The number of hydrogen-bond acceptors (Lipinski definition) is 8. The molecule has 36 heavy (non-hydrogen) atoms. The average Bonchev–Trinajstić information content (AvgIpc) is 2.89. The van der Waals surface area contributed by atoms with Crippen LogP contribution in [-0.2, 0) is 0 Å². The zero-order valence-electron chi connectivity index (χ0n) is 20.1. The monoisotopic (exact) mass is 488 g/mol. The third-order valence-electron chi connectivity index (χ3n) is 5.96. The van der Waals surface area contributed by atoms with Crippen molar-refractivity contribution in [2.45, 2.75) is 37.8 Å². The van der Waals surface area contributed by atoms with Crippen LogP contribution in [0.5, 0.6) is 11.5 Å². The standard InChI is InChI=1S/C26H28N6O4/c1-35-22-13-19(12-20(14-22)31-26(34)30-18-4-6-21(33)7-5-18)29-25-28-10-9-23(32-25)16-3-8-24(36-2)17(11-16)15-27/h3,8-14,18,21,33H,4-7H2,1-2H3,(H,28,29,32)(H2,30,31,34)/t18-,21-. The molecular formula is C26H28N6O4. The third-order valence-corrected chi connectivity index (χ3v) is 5.96. The minimum Gasteiger partial charge on any atom is -0.497 e. The first-order valence-electron chi connectivity index (χ1n) is 11.6. The third kappa shape index (κ3) is 6.20. The second-order valence-electron chi connectivity index (χ2n) is 8.47. The second kappa shape index (κ2) is 11.4. The summed E-state index contributed by atoms with van der Waals surface area (Å²) in [5.74, 6) is 1.38. The number of aliphatic hydroxyl groups is 1. The number of hydrogen-bond donors (Lipinski definition) is 4. The Balaban J connectivity index is 1.49. The number of carbonyl (C=O) groups is 1. The molecule has 4 N–H and O–H groups in total. The predicted molar refractivity (Wildman–Crippen MR) is 135 cm³/mol. The van der Waals surface area contributed by atoms with Crippen molar-refractivity contribution in [2.75, 3.05) is 24.9 Å². The minimum absolute atomic E-state index is 0.0345. The Labute approximate surface area is 209 Å². The molecule has 10 heteroatoms. The van der Waals surface area contributed by atoms with Gasteiger partial charge in [0.05, 0.1) is 31.6 Å². The fraction of sp³-hybridized carbons (Fsp3) is 0.308. The minimum atomic E-state index is -0.318. The summed E-state index contributed by atoms with van der Waals surface area (Å²) in [6, 6.07) is 14.1. The molecule has 0 aliphatic heterocycles. The van der Waals surface area contributed by atoms with E-state index in [0.29, 0.717) is 52.9 Å². The number of benzene rings is 2. The summed E-state index contributed by atoms with van der Waals surface area (Å²) in [5, 5.41) is 28.0. The highest BCUT2D eigenvalue weighted by atomic mass is 16.5. The van der Waals surface area contributed by atoms with E-state index in [1.54, 1.807) is 49.7 Å². The molecule has 3 aromatic rings. The number of amides is 2. The maximum Gasteiger partial charge on any atom is 0.319 e. The van der Waals surface area contributed by atoms with Gasteiger partial charge in [-0.15, -0.1) is 0 Å². The van der Waals surface area contributed by atoms with E-state index >= 15 is 0 Å². The molecule has 0 bridgehead atoms. The number of rotatable bonds is 7. The van der Waals surface area contributed by atoms with Crippen LogP contribution >= 0.6 is 0 Å². The number of urea groups is 1. The molecule has 1 aliphatic carbocycles. The second-order valence-corrected chi connectivity index (χ2v) is 8.47. The summed E-state index contributed by atoms with van der Waals surface area (Å²) in [6.45, 7) is 0. The number of aliphatic hydroxyl groups excluding tert-OH is 1. The highest BCUT2D eigenvalue weighted by molar-refractivity contribution is 5.90. The zero-order chi connectivity index (χ0) is 25.5. The molecule has 0 saturated heterocycles. The van der Waals surface area contributed by atoms with E-state index in [1.165, 1.54) is 7.11 Å². The lowest BCUT2D eigenvalue weighted by Crippen LogP contribution is -2.40.